The largest absolute Gasteiger partial charge is 0.464 e. The molecule has 25 heavy (non-hydrogen) atoms. The number of hydrogen-bond donors (Lipinski definition) is 0. The van der Waals surface area contributed by atoms with Crippen LogP contribution in [0.25, 0.3) is 11.3 Å². The Balaban J connectivity index is 1.51. The van der Waals surface area contributed by atoms with E-state index >= 15 is 0 Å². The van der Waals surface area contributed by atoms with Gasteiger partial charge in [-0.25, -0.2) is 8.42 Å². The Morgan fingerprint density at radius 2 is 2.08 bits per heavy atom. The van der Waals surface area contributed by atoms with Gasteiger partial charge in [-0.3, -0.25) is 4.90 Å². The third-order valence-corrected chi connectivity index (χ3v) is 8.34. The number of thiophene rings is 1. The fourth-order valence-corrected chi connectivity index (χ4v) is 7.01. The van der Waals surface area contributed by atoms with Crippen molar-refractivity contribution < 1.29 is 12.8 Å². The summed E-state index contributed by atoms with van der Waals surface area (Å²) in [4.78, 5) is 4.05. The Morgan fingerprint density at radius 1 is 1.16 bits per heavy atom. The number of fused-ring (bicyclic) bond motifs is 3. The normalized spacial score (nSPS) is 24.3. The van der Waals surface area contributed by atoms with Gasteiger partial charge in [-0.15, -0.1) is 11.3 Å². The van der Waals surface area contributed by atoms with Crippen LogP contribution < -0.4 is 0 Å². The summed E-state index contributed by atoms with van der Waals surface area (Å²) >= 11 is 1.72. The molecule has 0 spiro atoms. The molecule has 2 aliphatic heterocycles. The van der Waals surface area contributed by atoms with Gasteiger partial charge in [0.25, 0.3) is 0 Å². The monoisotopic (exact) mass is 371 g/mol. The predicted molar refractivity (Wildman–Crippen MR) is 97.5 cm³/mol. The van der Waals surface area contributed by atoms with Gasteiger partial charge in [0.1, 0.15) is 5.76 Å². The molecule has 2 aliphatic rings. The minimum absolute atomic E-state index is 0.0508. The molecule has 1 aromatic carbocycles. The van der Waals surface area contributed by atoms with Crippen LogP contribution in [-0.2, 0) is 16.4 Å². The number of likely N-dealkylation sites (tertiary alicyclic amines) is 1. The molecule has 1 fully saturated rings. The molecule has 0 amide bonds. The van der Waals surface area contributed by atoms with Crippen molar-refractivity contribution >= 4 is 21.2 Å². The SMILES string of the molecule is O=S1(=O)c2ccc(-c3ccco3)cc2[C@H]2CN(Cc3cccs3)C[C@H]21. The van der Waals surface area contributed by atoms with E-state index in [0.29, 0.717) is 11.4 Å². The second-order valence-corrected chi connectivity index (χ2v) is 9.86. The molecule has 0 aliphatic carbocycles. The number of hydrogen-bond acceptors (Lipinski definition) is 5. The fourth-order valence-electron chi connectivity index (χ4n) is 4.07. The van der Waals surface area contributed by atoms with Crippen molar-refractivity contribution in [2.75, 3.05) is 13.1 Å². The molecule has 0 N–H and O–H groups in total. The lowest BCUT2D eigenvalue weighted by molar-refractivity contribution is 0.328. The smallest absolute Gasteiger partial charge is 0.183 e. The van der Waals surface area contributed by atoms with Gasteiger partial charge in [0.05, 0.1) is 16.4 Å². The standard InChI is InChI=1S/C19H17NO3S2/c21-25(22)18-6-5-13(17-4-1-7-23-17)9-15(18)16-11-20(12-19(16)25)10-14-3-2-8-24-14/h1-9,16,19H,10-12H2/t16-,19-/m1/s1. The van der Waals surface area contributed by atoms with Crippen LogP contribution in [0.5, 0.6) is 0 Å². The molecule has 6 heteroatoms. The van der Waals surface area contributed by atoms with Crippen molar-refractivity contribution in [2.45, 2.75) is 22.6 Å². The average Bonchev–Trinajstić information content (AvgIpc) is 3.37. The lowest BCUT2D eigenvalue weighted by atomic mass is 9.96. The van der Waals surface area contributed by atoms with Crippen LogP contribution in [0.1, 0.15) is 16.4 Å². The summed E-state index contributed by atoms with van der Waals surface area (Å²) in [5.74, 6) is 0.826. The van der Waals surface area contributed by atoms with Gasteiger partial charge in [0.15, 0.2) is 9.84 Å². The molecule has 3 aromatic rings. The average molecular weight is 371 g/mol. The molecule has 4 heterocycles. The van der Waals surface area contributed by atoms with Gasteiger partial charge in [0.2, 0.25) is 0 Å². The van der Waals surface area contributed by atoms with Gasteiger partial charge in [-0.05, 0) is 47.3 Å². The van der Waals surface area contributed by atoms with E-state index in [1.165, 1.54) is 4.88 Å². The van der Waals surface area contributed by atoms with E-state index in [-0.39, 0.29) is 11.2 Å². The summed E-state index contributed by atoms with van der Waals surface area (Å²) in [6, 6.07) is 13.5. The van der Waals surface area contributed by atoms with E-state index in [4.69, 9.17) is 4.42 Å². The Labute approximate surface area is 150 Å². The summed E-state index contributed by atoms with van der Waals surface area (Å²) in [6.07, 6.45) is 1.64. The second-order valence-electron chi connectivity index (χ2n) is 6.69. The maximum absolute atomic E-state index is 13.0. The van der Waals surface area contributed by atoms with E-state index in [1.807, 2.05) is 30.3 Å². The molecule has 5 rings (SSSR count). The highest BCUT2D eigenvalue weighted by molar-refractivity contribution is 7.92. The number of furan rings is 1. The molecule has 128 valence electrons. The van der Waals surface area contributed by atoms with Crippen LogP contribution in [0.3, 0.4) is 0 Å². The lowest BCUT2D eigenvalue weighted by Gasteiger charge is -2.16. The zero-order valence-corrected chi connectivity index (χ0v) is 15.1. The lowest BCUT2D eigenvalue weighted by Crippen LogP contribution is -2.25. The molecule has 2 aromatic heterocycles. The number of benzene rings is 1. The Bertz CT molecular complexity index is 1010. The number of sulfone groups is 1. The third-order valence-electron chi connectivity index (χ3n) is 5.22. The molecule has 0 saturated carbocycles. The quantitative estimate of drug-likeness (QED) is 0.703. The third kappa shape index (κ3) is 2.39. The van der Waals surface area contributed by atoms with Gasteiger partial charge in [-0.2, -0.15) is 0 Å². The highest BCUT2D eigenvalue weighted by atomic mass is 32.2. The van der Waals surface area contributed by atoms with Crippen LogP contribution in [0.15, 0.2) is 63.4 Å². The maximum atomic E-state index is 13.0. The summed E-state index contributed by atoms with van der Waals surface area (Å²) < 4.78 is 31.4. The Hall–Kier alpha value is -1.89. The molecule has 2 atom stereocenters. The fraction of sp³-hybridized carbons (Fsp3) is 0.263. The van der Waals surface area contributed by atoms with E-state index in [9.17, 15) is 8.42 Å². The summed E-state index contributed by atoms with van der Waals surface area (Å²) in [5, 5.41) is 1.74. The zero-order chi connectivity index (χ0) is 17.0. The molecular weight excluding hydrogens is 354 g/mol. The Kier molecular flexibility index (Phi) is 3.42. The van der Waals surface area contributed by atoms with Crippen molar-refractivity contribution in [3.63, 3.8) is 0 Å². The highest BCUT2D eigenvalue weighted by Crippen LogP contribution is 2.46. The van der Waals surface area contributed by atoms with E-state index in [2.05, 4.69) is 16.3 Å². The van der Waals surface area contributed by atoms with Crippen LogP contribution in [0.4, 0.5) is 0 Å². The van der Waals surface area contributed by atoms with Crippen LogP contribution >= 0.6 is 11.3 Å². The minimum Gasteiger partial charge on any atom is -0.464 e. The van der Waals surface area contributed by atoms with Crippen molar-refractivity contribution in [3.05, 3.63) is 64.5 Å². The van der Waals surface area contributed by atoms with Crippen molar-refractivity contribution in [3.8, 4) is 11.3 Å². The van der Waals surface area contributed by atoms with Crippen molar-refractivity contribution in [2.24, 2.45) is 0 Å². The summed E-state index contributed by atoms with van der Waals surface area (Å²) in [7, 11) is -3.25. The van der Waals surface area contributed by atoms with E-state index in [0.717, 1.165) is 30.0 Å². The van der Waals surface area contributed by atoms with E-state index in [1.54, 1.807) is 23.7 Å². The summed E-state index contributed by atoms with van der Waals surface area (Å²) in [5.41, 5.74) is 1.89. The molecule has 0 radical (unpaired) electrons. The molecule has 4 nitrogen and oxygen atoms in total. The predicted octanol–water partition coefficient (Wildman–Crippen LogP) is 3.76. The number of rotatable bonds is 3. The van der Waals surface area contributed by atoms with Crippen LogP contribution in [0, 0.1) is 0 Å². The first kappa shape index (κ1) is 15.4. The first-order valence-corrected chi connectivity index (χ1v) is 10.7. The second kappa shape index (κ2) is 5.56. The van der Waals surface area contributed by atoms with Gasteiger partial charge in [0, 0.05) is 36.0 Å². The first-order valence-electron chi connectivity index (χ1n) is 8.29. The van der Waals surface area contributed by atoms with E-state index < -0.39 is 9.84 Å². The topological polar surface area (TPSA) is 50.5 Å². The summed E-state index contributed by atoms with van der Waals surface area (Å²) in [6.45, 7) is 2.22. The van der Waals surface area contributed by atoms with Gasteiger partial charge in [-0.1, -0.05) is 6.07 Å². The van der Waals surface area contributed by atoms with Crippen molar-refractivity contribution in [1.82, 2.24) is 4.90 Å². The molecule has 0 bridgehead atoms. The van der Waals surface area contributed by atoms with Crippen molar-refractivity contribution in [1.29, 1.82) is 0 Å². The minimum atomic E-state index is -3.25. The first-order chi connectivity index (χ1) is 12.1. The number of nitrogens with zero attached hydrogens (tertiary/aromatic N) is 1. The van der Waals surface area contributed by atoms with Gasteiger partial charge < -0.3 is 4.42 Å². The van der Waals surface area contributed by atoms with Crippen LogP contribution in [0.2, 0.25) is 0 Å². The molecular formula is C19H17NO3S2. The zero-order valence-electron chi connectivity index (χ0n) is 13.5. The van der Waals surface area contributed by atoms with Crippen LogP contribution in [-0.4, -0.2) is 31.7 Å². The maximum Gasteiger partial charge on any atom is 0.183 e. The molecule has 0 unspecified atom stereocenters. The van der Waals surface area contributed by atoms with Gasteiger partial charge >= 0.3 is 0 Å². The Morgan fingerprint density at radius 3 is 2.84 bits per heavy atom. The highest BCUT2D eigenvalue weighted by Gasteiger charge is 2.50. The molecule has 1 saturated heterocycles.